The largest absolute Gasteiger partial charge is 0.416 e. The average Bonchev–Trinajstić information content (AvgIpc) is 3.06. The maximum Gasteiger partial charge on any atom is 0.416 e. The summed E-state index contributed by atoms with van der Waals surface area (Å²) in [7, 11) is 0. The third kappa shape index (κ3) is 4.70. The van der Waals surface area contributed by atoms with Crippen molar-refractivity contribution in [3.05, 3.63) is 29.3 Å². The van der Waals surface area contributed by atoms with Crippen LogP contribution in [0.4, 0.5) is 18.9 Å². The van der Waals surface area contributed by atoms with E-state index in [0.717, 1.165) is 0 Å². The number of hydrogen-bond acceptors (Lipinski definition) is 6. The molecule has 10 heteroatoms. The highest BCUT2D eigenvalue weighted by Gasteiger charge is 2.39. The minimum Gasteiger partial charge on any atom is -0.378 e. The molecular weight excluding hydrogens is 413 g/mol. The minimum atomic E-state index is -4.44. The molecule has 3 heterocycles. The van der Waals surface area contributed by atoms with Gasteiger partial charge < -0.3 is 9.64 Å². The van der Waals surface area contributed by atoms with Gasteiger partial charge in [-0.3, -0.25) is 14.5 Å². The summed E-state index contributed by atoms with van der Waals surface area (Å²) in [5.74, 6) is -0.410. The second kappa shape index (κ2) is 8.76. The van der Waals surface area contributed by atoms with Crippen LogP contribution >= 0.6 is 0 Å². The van der Waals surface area contributed by atoms with E-state index in [0.29, 0.717) is 51.6 Å². The van der Waals surface area contributed by atoms with Crippen LogP contribution in [0.3, 0.4) is 0 Å². The number of ether oxygens (including phenoxy) is 1. The van der Waals surface area contributed by atoms with Crippen LogP contribution in [0.5, 0.6) is 0 Å². The Hall–Kier alpha value is -2.17. The van der Waals surface area contributed by atoms with Gasteiger partial charge in [-0.05, 0) is 24.6 Å². The fourth-order valence-corrected chi connectivity index (χ4v) is 4.54. The molecule has 2 amide bonds. The van der Waals surface area contributed by atoms with Gasteiger partial charge in [0.2, 0.25) is 11.8 Å². The highest BCUT2D eigenvalue weighted by atomic mass is 19.4. The van der Waals surface area contributed by atoms with Crippen molar-refractivity contribution >= 4 is 17.5 Å². The number of carbonyl (C=O) groups is 2. The van der Waals surface area contributed by atoms with E-state index in [1.54, 1.807) is 17.1 Å². The summed E-state index contributed by atoms with van der Waals surface area (Å²) in [5, 5.41) is 2.97. The number of piperazine rings is 1. The highest BCUT2D eigenvalue weighted by molar-refractivity contribution is 6.01. The summed E-state index contributed by atoms with van der Waals surface area (Å²) < 4.78 is 46.8. The zero-order valence-electron chi connectivity index (χ0n) is 17.5. The highest BCUT2D eigenvalue weighted by Crippen LogP contribution is 2.36. The van der Waals surface area contributed by atoms with Gasteiger partial charge >= 0.3 is 6.18 Å². The Morgan fingerprint density at radius 3 is 2.32 bits per heavy atom. The van der Waals surface area contributed by atoms with Gasteiger partial charge in [0.05, 0.1) is 18.8 Å². The molecule has 1 aromatic carbocycles. The normalized spacial score (nSPS) is 24.3. The first-order valence-electron chi connectivity index (χ1n) is 10.6. The predicted octanol–water partition coefficient (Wildman–Crippen LogP) is 2.11. The van der Waals surface area contributed by atoms with Gasteiger partial charge in [0.15, 0.2) is 0 Å². The van der Waals surface area contributed by atoms with E-state index in [4.69, 9.17) is 4.74 Å². The fourth-order valence-electron chi connectivity index (χ4n) is 4.54. The Kier molecular flexibility index (Phi) is 6.23. The number of halogens is 3. The van der Waals surface area contributed by atoms with Crippen molar-refractivity contribution in [3.63, 3.8) is 0 Å². The number of hydrazine groups is 1. The standard InChI is InChI=1S/C21H27F3N4O3/c1-15-13-25(6-7-27(15)28-19(29)4-5-20(28)30)14-16-2-3-17(12-18(16)21(22,23)24)26-8-10-31-11-9-26/h2-3,12,15H,4-11,13-14H2,1H3/t15-/m1/s1. The third-order valence-electron chi connectivity index (χ3n) is 6.13. The van der Waals surface area contributed by atoms with Crippen LogP contribution in [0.2, 0.25) is 0 Å². The van der Waals surface area contributed by atoms with E-state index in [9.17, 15) is 22.8 Å². The monoisotopic (exact) mass is 440 g/mol. The van der Waals surface area contributed by atoms with Crippen LogP contribution in [0, 0.1) is 0 Å². The number of benzene rings is 1. The summed E-state index contributed by atoms with van der Waals surface area (Å²) in [6, 6.07) is 4.40. The molecule has 0 aliphatic carbocycles. The lowest BCUT2D eigenvalue weighted by Crippen LogP contribution is -2.59. The molecule has 0 bridgehead atoms. The first kappa shape index (κ1) is 22.0. The number of amides is 2. The molecule has 1 atom stereocenters. The number of carbonyl (C=O) groups excluding carboxylic acids is 2. The van der Waals surface area contributed by atoms with Gasteiger partial charge in [-0.2, -0.15) is 13.2 Å². The number of hydrogen-bond donors (Lipinski definition) is 0. The van der Waals surface area contributed by atoms with Crippen LogP contribution in [-0.2, 0) is 27.0 Å². The van der Waals surface area contributed by atoms with Crippen LogP contribution in [0.15, 0.2) is 18.2 Å². The number of imide groups is 1. The van der Waals surface area contributed by atoms with Crippen LogP contribution in [0.1, 0.15) is 30.9 Å². The van der Waals surface area contributed by atoms with Crippen molar-refractivity contribution in [1.82, 2.24) is 14.9 Å². The Morgan fingerprint density at radius 2 is 1.71 bits per heavy atom. The molecule has 7 nitrogen and oxygen atoms in total. The smallest absolute Gasteiger partial charge is 0.378 e. The maximum atomic E-state index is 13.8. The molecular formula is C21H27F3N4O3. The summed E-state index contributed by atoms with van der Waals surface area (Å²) in [6.07, 6.45) is -4.01. The SMILES string of the molecule is C[C@@H]1CN(Cc2ccc(N3CCOCC3)cc2C(F)(F)F)CCN1N1C(=O)CCC1=O. The summed E-state index contributed by atoms with van der Waals surface area (Å²) >= 11 is 0. The minimum absolute atomic E-state index is 0.151. The van der Waals surface area contributed by atoms with Gasteiger partial charge in [-0.25, -0.2) is 10.0 Å². The molecule has 170 valence electrons. The van der Waals surface area contributed by atoms with E-state index in [1.807, 2.05) is 16.7 Å². The lowest BCUT2D eigenvalue weighted by molar-refractivity contribution is -0.165. The Bertz CT molecular complexity index is 826. The average molecular weight is 440 g/mol. The van der Waals surface area contributed by atoms with Crippen molar-refractivity contribution in [2.45, 2.75) is 38.5 Å². The molecule has 0 radical (unpaired) electrons. The molecule has 0 N–H and O–H groups in total. The van der Waals surface area contributed by atoms with Crippen molar-refractivity contribution in [3.8, 4) is 0 Å². The molecule has 3 aliphatic heterocycles. The lowest BCUT2D eigenvalue weighted by atomic mass is 10.0. The van der Waals surface area contributed by atoms with Crippen LogP contribution in [0.25, 0.3) is 0 Å². The van der Waals surface area contributed by atoms with Gasteiger partial charge in [0.25, 0.3) is 0 Å². The van der Waals surface area contributed by atoms with Crippen molar-refractivity contribution in [2.75, 3.05) is 50.8 Å². The molecule has 31 heavy (non-hydrogen) atoms. The van der Waals surface area contributed by atoms with Crippen molar-refractivity contribution in [2.24, 2.45) is 0 Å². The van der Waals surface area contributed by atoms with Crippen LogP contribution < -0.4 is 4.90 Å². The second-order valence-electron chi connectivity index (χ2n) is 8.29. The van der Waals surface area contributed by atoms with E-state index in [2.05, 4.69) is 0 Å². The van der Waals surface area contributed by atoms with Gasteiger partial charge in [0.1, 0.15) is 0 Å². The molecule has 0 spiro atoms. The summed E-state index contributed by atoms with van der Waals surface area (Å²) in [4.78, 5) is 27.9. The van der Waals surface area contributed by atoms with E-state index < -0.39 is 11.7 Å². The number of anilines is 1. The van der Waals surface area contributed by atoms with Gasteiger partial charge in [-0.1, -0.05) is 6.07 Å². The Labute approximate surface area is 179 Å². The third-order valence-corrected chi connectivity index (χ3v) is 6.13. The zero-order chi connectivity index (χ0) is 22.2. The van der Waals surface area contributed by atoms with Crippen molar-refractivity contribution < 1.29 is 27.5 Å². The van der Waals surface area contributed by atoms with Gasteiger partial charge in [-0.15, -0.1) is 0 Å². The number of rotatable bonds is 4. The molecule has 0 unspecified atom stereocenters. The maximum absolute atomic E-state index is 13.8. The second-order valence-corrected chi connectivity index (χ2v) is 8.29. The van der Waals surface area contributed by atoms with E-state index in [1.165, 1.54) is 11.1 Å². The Balaban J connectivity index is 1.47. The number of nitrogens with zero attached hydrogens (tertiary/aromatic N) is 4. The first-order valence-corrected chi connectivity index (χ1v) is 10.6. The molecule has 1 aromatic rings. The summed E-state index contributed by atoms with van der Waals surface area (Å²) in [5.41, 5.74) is 0.179. The Morgan fingerprint density at radius 1 is 1.03 bits per heavy atom. The molecule has 0 saturated carbocycles. The predicted molar refractivity (Wildman–Crippen MR) is 107 cm³/mol. The van der Waals surface area contributed by atoms with Crippen molar-refractivity contribution in [1.29, 1.82) is 0 Å². The molecule has 3 fully saturated rings. The zero-order valence-corrected chi connectivity index (χ0v) is 17.5. The van der Waals surface area contributed by atoms with E-state index in [-0.39, 0.29) is 42.8 Å². The van der Waals surface area contributed by atoms with E-state index >= 15 is 0 Å². The van der Waals surface area contributed by atoms with Crippen LogP contribution in [-0.4, -0.2) is 78.7 Å². The molecule has 3 aliphatic rings. The van der Waals surface area contributed by atoms with Gasteiger partial charge in [0, 0.05) is 63.8 Å². The lowest BCUT2D eigenvalue weighted by Gasteiger charge is -2.43. The first-order chi connectivity index (χ1) is 14.7. The quantitative estimate of drug-likeness (QED) is 0.669. The molecule has 3 saturated heterocycles. The summed E-state index contributed by atoms with van der Waals surface area (Å²) in [6.45, 7) is 5.58. The number of morpholine rings is 1. The molecule has 4 rings (SSSR count). The fraction of sp³-hybridized carbons (Fsp3) is 0.619. The molecule has 0 aromatic heterocycles. The number of alkyl halides is 3. The topological polar surface area (TPSA) is 56.3 Å².